The van der Waals surface area contributed by atoms with Crippen LogP contribution in [0.4, 0.5) is 0 Å². The molecule has 94 valence electrons. The van der Waals surface area contributed by atoms with Crippen molar-refractivity contribution in [3.63, 3.8) is 0 Å². The van der Waals surface area contributed by atoms with E-state index in [1.165, 1.54) is 24.8 Å². The van der Waals surface area contributed by atoms with E-state index in [9.17, 15) is 0 Å². The SMILES string of the molecule is CCNC(c1ccc(OC)c(Br)c1)C1CCC1. The van der Waals surface area contributed by atoms with E-state index < -0.39 is 0 Å². The predicted molar refractivity (Wildman–Crippen MR) is 74.5 cm³/mol. The Bertz CT molecular complexity index is 376. The van der Waals surface area contributed by atoms with E-state index in [1.54, 1.807) is 7.11 Å². The van der Waals surface area contributed by atoms with Crippen molar-refractivity contribution in [2.45, 2.75) is 32.2 Å². The molecular weight excluding hydrogens is 278 g/mol. The lowest BCUT2D eigenvalue weighted by atomic mass is 9.77. The molecule has 1 atom stereocenters. The molecule has 0 aliphatic heterocycles. The third-order valence-corrected chi connectivity index (χ3v) is 4.20. The lowest BCUT2D eigenvalue weighted by molar-refractivity contribution is 0.233. The Kier molecular flexibility index (Phi) is 4.46. The zero-order valence-corrected chi connectivity index (χ0v) is 12.1. The van der Waals surface area contributed by atoms with Crippen LogP contribution in [0.5, 0.6) is 5.75 Å². The van der Waals surface area contributed by atoms with Gasteiger partial charge in [0.15, 0.2) is 0 Å². The number of nitrogens with one attached hydrogen (secondary N) is 1. The second kappa shape index (κ2) is 5.87. The van der Waals surface area contributed by atoms with Gasteiger partial charge in [-0.05, 0) is 58.9 Å². The van der Waals surface area contributed by atoms with Gasteiger partial charge in [-0.2, -0.15) is 0 Å². The lowest BCUT2D eigenvalue weighted by Crippen LogP contribution is -2.32. The van der Waals surface area contributed by atoms with E-state index in [4.69, 9.17) is 4.74 Å². The molecule has 0 aromatic heterocycles. The monoisotopic (exact) mass is 297 g/mol. The normalized spacial score (nSPS) is 17.6. The highest BCUT2D eigenvalue weighted by Crippen LogP contribution is 2.39. The average Bonchev–Trinajstić information content (AvgIpc) is 2.26. The molecule has 3 heteroatoms. The van der Waals surface area contributed by atoms with Crippen LogP contribution in [0.25, 0.3) is 0 Å². The highest BCUT2D eigenvalue weighted by atomic mass is 79.9. The van der Waals surface area contributed by atoms with Crippen LogP contribution < -0.4 is 10.1 Å². The molecule has 0 saturated heterocycles. The molecule has 0 amide bonds. The minimum absolute atomic E-state index is 0.496. The number of ether oxygens (including phenoxy) is 1. The van der Waals surface area contributed by atoms with Gasteiger partial charge in [-0.15, -0.1) is 0 Å². The van der Waals surface area contributed by atoms with Gasteiger partial charge < -0.3 is 10.1 Å². The third-order valence-electron chi connectivity index (χ3n) is 3.58. The molecule has 2 rings (SSSR count). The van der Waals surface area contributed by atoms with E-state index in [-0.39, 0.29) is 0 Å². The van der Waals surface area contributed by atoms with Gasteiger partial charge in [0.2, 0.25) is 0 Å². The lowest BCUT2D eigenvalue weighted by Gasteiger charge is -2.34. The largest absolute Gasteiger partial charge is 0.496 e. The Labute approximate surface area is 112 Å². The Balaban J connectivity index is 2.19. The van der Waals surface area contributed by atoms with Gasteiger partial charge >= 0.3 is 0 Å². The zero-order chi connectivity index (χ0) is 12.3. The van der Waals surface area contributed by atoms with Crippen LogP contribution >= 0.6 is 15.9 Å². The van der Waals surface area contributed by atoms with Crippen LogP contribution in [0.3, 0.4) is 0 Å². The summed E-state index contributed by atoms with van der Waals surface area (Å²) in [6.45, 7) is 3.19. The standard InChI is InChI=1S/C14H20BrNO/c1-3-16-14(10-5-4-6-10)11-7-8-13(17-2)12(15)9-11/h7-10,14,16H,3-6H2,1-2H3. The summed E-state index contributed by atoms with van der Waals surface area (Å²) in [6, 6.07) is 6.90. The number of hydrogen-bond donors (Lipinski definition) is 1. The third kappa shape index (κ3) is 2.83. The Morgan fingerprint density at radius 2 is 2.24 bits per heavy atom. The maximum atomic E-state index is 5.27. The average molecular weight is 298 g/mol. The summed E-state index contributed by atoms with van der Waals surface area (Å²) in [7, 11) is 1.70. The Morgan fingerprint density at radius 3 is 2.71 bits per heavy atom. The first-order chi connectivity index (χ1) is 8.26. The van der Waals surface area contributed by atoms with Gasteiger partial charge in [-0.1, -0.05) is 19.4 Å². The van der Waals surface area contributed by atoms with Crippen LogP contribution in [-0.4, -0.2) is 13.7 Å². The second-order valence-corrected chi connectivity index (χ2v) is 5.47. The molecule has 1 unspecified atom stereocenters. The van der Waals surface area contributed by atoms with E-state index in [1.807, 2.05) is 6.07 Å². The summed E-state index contributed by atoms with van der Waals surface area (Å²) in [6.07, 6.45) is 4.08. The highest BCUT2D eigenvalue weighted by molar-refractivity contribution is 9.10. The van der Waals surface area contributed by atoms with Gasteiger partial charge in [0.25, 0.3) is 0 Å². The molecule has 1 fully saturated rings. The number of benzene rings is 1. The van der Waals surface area contributed by atoms with Crippen molar-refractivity contribution in [1.29, 1.82) is 0 Å². The number of rotatable bonds is 5. The van der Waals surface area contributed by atoms with Gasteiger partial charge in [-0.25, -0.2) is 0 Å². The molecule has 2 nitrogen and oxygen atoms in total. The minimum atomic E-state index is 0.496. The zero-order valence-electron chi connectivity index (χ0n) is 10.5. The maximum absolute atomic E-state index is 5.27. The second-order valence-electron chi connectivity index (χ2n) is 4.62. The fraction of sp³-hybridized carbons (Fsp3) is 0.571. The molecule has 1 aliphatic rings. The van der Waals surface area contributed by atoms with Gasteiger partial charge in [0, 0.05) is 6.04 Å². The fourth-order valence-electron chi connectivity index (χ4n) is 2.43. The maximum Gasteiger partial charge on any atom is 0.133 e. The quantitative estimate of drug-likeness (QED) is 0.890. The van der Waals surface area contributed by atoms with Crippen molar-refractivity contribution < 1.29 is 4.74 Å². The summed E-state index contributed by atoms with van der Waals surface area (Å²) >= 11 is 3.56. The van der Waals surface area contributed by atoms with Crippen molar-refractivity contribution in [1.82, 2.24) is 5.32 Å². The summed E-state index contributed by atoms with van der Waals surface area (Å²) in [5, 5.41) is 3.60. The van der Waals surface area contributed by atoms with Crippen molar-refractivity contribution in [2.24, 2.45) is 5.92 Å². The van der Waals surface area contributed by atoms with E-state index >= 15 is 0 Å². The fourth-order valence-corrected chi connectivity index (χ4v) is 2.98. The molecule has 0 bridgehead atoms. The minimum Gasteiger partial charge on any atom is -0.496 e. The molecule has 1 aromatic rings. The predicted octanol–water partition coefficient (Wildman–Crippen LogP) is 3.91. The topological polar surface area (TPSA) is 21.3 Å². The molecular formula is C14H20BrNO. The van der Waals surface area contributed by atoms with Crippen molar-refractivity contribution in [3.8, 4) is 5.75 Å². The van der Waals surface area contributed by atoms with Crippen LogP contribution in [0, 0.1) is 5.92 Å². The van der Waals surface area contributed by atoms with Gasteiger partial charge in [0.05, 0.1) is 11.6 Å². The highest BCUT2D eigenvalue weighted by Gasteiger charge is 2.28. The van der Waals surface area contributed by atoms with E-state index in [0.29, 0.717) is 6.04 Å². The summed E-state index contributed by atoms with van der Waals surface area (Å²) < 4.78 is 6.31. The van der Waals surface area contributed by atoms with E-state index in [0.717, 1.165) is 22.7 Å². The number of halogens is 1. The molecule has 0 spiro atoms. The number of hydrogen-bond acceptors (Lipinski definition) is 2. The molecule has 0 heterocycles. The molecule has 17 heavy (non-hydrogen) atoms. The first kappa shape index (κ1) is 12.9. The van der Waals surface area contributed by atoms with Crippen molar-refractivity contribution >= 4 is 15.9 Å². The van der Waals surface area contributed by atoms with Gasteiger partial charge in [-0.3, -0.25) is 0 Å². The molecule has 1 aromatic carbocycles. The molecule has 0 radical (unpaired) electrons. The smallest absolute Gasteiger partial charge is 0.133 e. The van der Waals surface area contributed by atoms with Crippen LogP contribution in [0.2, 0.25) is 0 Å². The summed E-state index contributed by atoms with van der Waals surface area (Å²) in [5.41, 5.74) is 1.37. The number of methoxy groups -OCH3 is 1. The van der Waals surface area contributed by atoms with Crippen LogP contribution in [0.1, 0.15) is 37.8 Å². The molecule has 1 aliphatic carbocycles. The van der Waals surface area contributed by atoms with Crippen molar-refractivity contribution in [3.05, 3.63) is 28.2 Å². The first-order valence-corrected chi connectivity index (χ1v) is 7.12. The molecule has 1 N–H and O–H groups in total. The van der Waals surface area contributed by atoms with Crippen LogP contribution in [0.15, 0.2) is 22.7 Å². The van der Waals surface area contributed by atoms with Gasteiger partial charge in [0.1, 0.15) is 5.75 Å². The Hall–Kier alpha value is -0.540. The first-order valence-electron chi connectivity index (χ1n) is 6.33. The summed E-state index contributed by atoms with van der Waals surface area (Å²) in [4.78, 5) is 0. The Morgan fingerprint density at radius 1 is 1.47 bits per heavy atom. The summed E-state index contributed by atoms with van der Waals surface area (Å²) in [5.74, 6) is 1.70. The van der Waals surface area contributed by atoms with E-state index in [2.05, 4.69) is 40.3 Å². The van der Waals surface area contributed by atoms with Crippen LogP contribution in [-0.2, 0) is 0 Å². The molecule has 1 saturated carbocycles. The van der Waals surface area contributed by atoms with Crippen molar-refractivity contribution in [2.75, 3.05) is 13.7 Å².